The summed E-state index contributed by atoms with van der Waals surface area (Å²) in [5, 5.41) is 2.97. The Morgan fingerprint density at radius 2 is 1.96 bits per heavy atom. The van der Waals surface area contributed by atoms with Crippen molar-refractivity contribution in [3.8, 4) is 0 Å². The topological polar surface area (TPSA) is 67.3 Å². The predicted octanol–water partition coefficient (Wildman–Crippen LogP) is 3.27. The zero-order valence-electron chi connectivity index (χ0n) is 15.7. The van der Waals surface area contributed by atoms with E-state index in [1.54, 1.807) is 6.33 Å². The lowest BCUT2D eigenvalue weighted by Gasteiger charge is -2.34. The van der Waals surface area contributed by atoms with Crippen LogP contribution in [0.25, 0.3) is 0 Å². The second-order valence-corrected chi connectivity index (χ2v) is 8.44. The molecule has 1 aromatic heterocycles. The Balaban J connectivity index is 2.02. The highest BCUT2D eigenvalue weighted by molar-refractivity contribution is 5.68. The Kier molecular flexibility index (Phi) is 5.35. The number of nitrogens with zero attached hydrogens (tertiary/aromatic N) is 3. The monoisotopic (exact) mass is 334 g/mol. The van der Waals surface area contributed by atoms with Crippen molar-refractivity contribution in [1.29, 1.82) is 0 Å². The van der Waals surface area contributed by atoms with Crippen LogP contribution in [0.2, 0.25) is 0 Å². The van der Waals surface area contributed by atoms with Crippen LogP contribution in [0.1, 0.15) is 60.1 Å². The number of anilines is 1. The van der Waals surface area contributed by atoms with E-state index in [1.807, 2.05) is 20.8 Å². The van der Waals surface area contributed by atoms with E-state index >= 15 is 0 Å². The molecule has 1 unspecified atom stereocenters. The molecule has 0 aromatic carbocycles. The van der Waals surface area contributed by atoms with Gasteiger partial charge in [-0.05, 0) is 33.6 Å². The Morgan fingerprint density at radius 3 is 2.58 bits per heavy atom. The molecule has 0 spiro atoms. The molecule has 1 aliphatic heterocycles. The molecule has 0 radical (unpaired) electrons. The summed E-state index contributed by atoms with van der Waals surface area (Å²) in [6, 6.07) is 2.12. The fraction of sp³-hybridized carbons (Fsp3) is 0.722. The highest BCUT2D eigenvalue weighted by atomic mass is 16.6. The van der Waals surface area contributed by atoms with E-state index in [-0.39, 0.29) is 17.6 Å². The van der Waals surface area contributed by atoms with Crippen LogP contribution in [0.3, 0.4) is 0 Å². The van der Waals surface area contributed by atoms with Crippen LogP contribution in [-0.4, -0.2) is 40.8 Å². The number of amides is 1. The second kappa shape index (κ2) is 6.95. The first-order chi connectivity index (χ1) is 11.0. The minimum Gasteiger partial charge on any atom is -0.444 e. The summed E-state index contributed by atoms with van der Waals surface area (Å²) in [6.07, 6.45) is 3.23. The number of piperidine rings is 1. The van der Waals surface area contributed by atoms with E-state index in [4.69, 9.17) is 4.74 Å². The number of alkyl carbamates (subject to hydrolysis) is 1. The average Bonchev–Trinajstić information content (AvgIpc) is 2.44. The van der Waals surface area contributed by atoms with Gasteiger partial charge in [-0.25, -0.2) is 14.8 Å². The van der Waals surface area contributed by atoms with Crippen LogP contribution in [0.5, 0.6) is 0 Å². The van der Waals surface area contributed by atoms with E-state index in [1.165, 1.54) is 0 Å². The van der Waals surface area contributed by atoms with Gasteiger partial charge in [0.1, 0.15) is 17.7 Å². The number of ether oxygens (including phenoxy) is 1. The summed E-state index contributed by atoms with van der Waals surface area (Å²) < 4.78 is 5.35. The molecule has 1 aromatic rings. The molecule has 134 valence electrons. The average molecular weight is 334 g/mol. The Labute approximate surface area is 145 Å². The van der Waals surface area contributed by atoms with Gasteiger partial charge in [-0.3, -0.25) is 0 Å². The smallest absolute Gasteiger partial charge is 0.407 e. The SMILES string of the molecule is CC(C)(C)OC(=O)NC1CCCN(c2cc(C(C)(C)C)ncn2)C1. The Hall–Kier alpha value is -1.85. The molecule has 2 rings (SSSR count). The lowest BCUT2D eigenvalue weighted by atomic mass is 9.92. The van der Waals surface area contributed by atoms with Crippen molar-refractivity contribution < 1.29 is 9.53 Å². The number of nitrogens with one attached hydrogen (secondary N) is 1. The maximum atomic E-state index is 12.0. The quantitative estimate of drug-likeness (QED) is 0.899. The molecule has 0 bridgehead atoms. The fourth-order valence-electron chi connectivity index (χ4n) is 2.71. The van der Waals surface area contributed by atoms with E-state index in [2.05, 4.69) is 47.0 Å². The van der Waals surface area contributed by atoms with Crippen LogP contribution >= 0.6 is 0 Å². The summed E-state index contributed by atoms with van der Waals surface area (Å²) in [5.41, 5.74) is 0.531. The molecule has 6 nitrogen and oxygen atoms in total. The van der Waals surface area contributed by atoms with Crippen molar-refractivity contribution >= 4 is 11.9 Å². The summed E-state index contributed by atoms with van der Waals surface area (Å²) in [6.45, 7) is 13.7. The number of carbonyl (C=O) groups excluding carboxylic acids is 1. The van der Waals surface area contributed by atoms with E-state index in [0.29, 0.717) is 0 Å². The fourth-order valence-corrected chi connectivity index (χ4v) is 2.71. The third kappa shape index (κ3) is 5.35. The van der Waals surface area contributed by atoms with Gasteiger partial charge in [0, 0.05) is 30.6 Å². The van der Waals surface area contributed by atoms with Crippen LogP contribution in [-0.2, 0) is 10.2 Å². The van der Waals surface area contributed by atoms with Gasteiger partial charge >= 0.3 is 6.09 Å². The third-order valence-electron chi connectivity index (χ3n) is 3.89. The molecular formula is C18H30N4O2. The first kappa shape index (κ1) is 18.5. The predicted molar refractivity (Wildman–Crippen MR) is 95.3 cm³/mol. The second-order valence-electron chi connectivity index (χ2n) is 8.44. The van der Waals surface area contributed by atoms with Gasteiger partial charge in [0.25, 0.3) is 0 Å². The number of aromatic nitrogens is 2. The Bertz CT molecular complexity index is 575. The largest absolute Gasteiger partial charge is 0.444 e. The van der Waals surface area contributed by atoms with Gasteiger partial charge in [-0.2, -0.15) is 0 Å². The molecule has 0 aliphatic carbocycles. The minimum absolute atomic E-state index is 0.0123. The summed E-state index contributed by atoms with van der Waals surface area (Å²) >= 11 is 0. The normalized spacial score (nSPS) is 19.1. The van der Waals surface area contributed by atoms with Crippen molar-refractivity contribution in [3.63, 3.8) is 0 Å². The number of rotatable bonds is 2. The summed E-state index contributed by atoms with van der Waals surface area (Å²) in [4.78, 5) is 23.0. The van der Waals surface area contributed by atoms with Crippen molar-refractivity contribution in [3.05, 3.63) is 18.1 Å². The lowest BCUT2D eigenvalue weighted by Crippen LogP contribution is -2.49. The molecule has 1 amide bonds. The molecule has 6 heteroatoms. The maximum absolute atomic E-state index is 12.0. The minimum atomic E-state index is -0.479. The van der Waals surface area contributed by atoms with Gasteiger partial charge in [0.15, 0.2) is 0 Å². The van der Waals surface area contributed by atoms with Crippen LogP contribution < -0.4 is 10.2 Å². The zero-order valence-corrected chi connectivity index (χ0v) is 15.7. The maximum Gasteiger partial charge on any atom is 0.407 e. The van der Waals surface area contributed by atoms with Crippen molar-refractivity contribution in [2.24, 2.45) is 0 Å². The summed E-state index contributed by atoms with van der Waals surface area (Å²) in [5.74, 6) is 0.922. The van der Waals surface area contributed by atoms with E-state index in [0.717, 1.165) is 37.4 Å². The van der Waals surface area contributed by atoms with Crippen LogP contribution in [0, 0.1) is 0 Å². The highest BCUT2D eigenvalue weighted by Gasteiger charge is 2.26. The van der Waals surface area contributed by atoms with Crippen molar-refractivity contribution in [2.45, 2.75) is 71.4 Å². The van der Waals surface area contributed by atoms with Crippen LogP contribution in [0.4, 0.5) is 10.6 Å². The number of hydrogen-bond donors (Lipinski definition) is 1. The van der Waals surface area contributed by atoms with Crippen molar-refractivity contribution in [2.75, 3.05) is 18.0 Å². The molecule has 0 saturated carbocycles. The van der Waals surface area contributed by atoms with Crippen molar-refractivity contribution in [1.82, 2.24) is 15.3 Å². The molecule has 1 fully saturated rings. The van der Waals surface area contributed by atoms with Gasteiger partial charge in [0.2, 0.25) is 0 Å². The first-order valence-electron chi connectivity index (χ1n) is 8.61. The van der Waals surface area contributed by atoms with Crippen LogP contribution in [0.15, 0.2) is 12.4 Å². The lowest BCUT2D eigenvalue weighted by molar-refractivity contribution is 0.0500. The Morgan fingerprint density at radius 1 is 1.25 bits per heavy atom. The molecule has 1 atom stereocenters. The molecule has 1 aliphatic rings. The number of carbonyl (C=O) groups is 1. The standard InChI is InChI=1S/C18H30N4O2/c1-17(2,3)14-10-15(20-12-19-14)22-9-7-8-13(11-22)21-16(23)24-18(4,5)6/h10,12-13H,7-9,11H2,1-6H3,(H,21,23). The molecule has 1 N–H and O–H groups in total. The third-order valence-corrected chi connectivity index (χ3v) is 3.89. The molecule has 2 heterocycles. The van der Waals surface area contributed by atoms with Gasteiger partial charge in [0.05, 0.1) is 5.69 Å². The van der Waals surface area contributed by atoms with Gasteiger partial charge < -0.3 is 15.0 Å². The molecular weight excluding hydrogens is 304 g/mol. The van der Waals surface area contributed by atoms with Gasteiger partial charge in [-0.15, -0.1) is 0 Å². The zero-order chi connectivity index (χ0) is 18.0. The first-order valence-corrected chi connectivity index (χ1v) is 8.61. The van der Waals surface area contributed by atoms with Gasteiger partial charge in [-0.1, -0.05) is 20.8 Å². The highest BCUT2D eigenvalue weighted by Crippen LogP contribution is 2.24. The molecule has 1 saturated heterocycles. The van der Waals surface area contributed by atoms with E-state index < -0.39 is 5.60 Å². The number of hydrogen-bond acceptors (Lipinski definition) is 5. The molecule has 24 heavy (non-hydrogen) atoms. The summed E-state index contributed by atoms with van der Waals surface area (Å²) in [7, 11) is 0. The van der Waals surface area contributed by atoms with E-state index in [9.17, 15) is 4.79 Å².